The maximum atomic E-state index is 14.1. The number of amides is 1. The Kier molecular flexibility index (Phi) is 6.10. The quantitative estimate of drug-likeness (QED) is 0.712. The van der Waals surface area contributed by atoms with Gasteiger partial charge >= 0.3 is 0 Å². The van der Waals surface area contributed by atoms with Gasteiger partial charge in [-0.1, -0.05) is 24.3 Å². The van der Waals surface area contributed by atoms with Gasteiger partial charge in [0.25, 0.3) is 5.91 Å². The Morgan fingerprint density at radius 3 is 2.79 bits per heavy atom. The van der Waals surface area contributed by atoms with Crippen molar-refractivity contribution in [1.82, 2.24) is 15.0 Å². The molecule has 33 heavy (non-hydrogen) atoms. The van der Waals surface area contributed by atoms with E-state index in [4.69, 9.17) is 16.2 Å². The Morgan fingerprint density at radius 1 is 1.30 bits per heavy atom. The van der Waals surface area contributed by atoms with Crippen molar-refractivity contribution in [3.05, 3.63) is 71.6 Å². The number of anilines is 2. The van der Waals surface area contributed by atoms with E-state index in [1.807, 2.05) is 19.9 Å². The number of hydrogen-bond acceptors (Lipinski definition) is 8. The molecule has 10 heteroatoms. The van der Waals surface area contributed by atoms with E-state index in [-0.39, 0.29) is 30.7 Å². The van der Waals surface area contributed by atoms with E-state index in [0.29, 0.717) is 35.9 Å². The lowest BCUT2D eigenvalue weighted by Gasteiger charge is -2.41. The highest BCUT2D eigenvalue weighted by Gasteiger charge is 2.38. The zero-order chi connectivity index (χ0) is 23.6. The van der Waals surface area contributed by atoms with Gasteiger partial charge in [-0.3, -0.25) is 14.7 Å². The Labute approximate surface area is 191 Å². The van der Waals surface area contributed by atoms with Crippen molar-refractivity contribution < 1.29 is 13.9 Å². The minimum absolute atomic E-state index is 0.0271. The van der Waals surface area contributed by atoms with Crippen LogP contribution in [0.2, 0.25) is 0 Å². The zero-order valence-corrected chi connectivity index (χ0v) is 18.5. The molecule has 1 amide bonds. The van der Waals surface area contributed by atoms with Crippen LogP contribution in [0.15, 0.2) is 59.5 Å². The van der Waals surface area contributed by atoms with Gasteiger partial charge < -0.3 is 16.2 Å². The first-order valence-corrected chi connectivity index (χ1v) is 10.5. The highest BCUT2D eigenvalue weighted by Crippen LogP contribution is 2.31. The summed E-state index contributed by atoms with van der Waals surface area (Å²) in [5, 5.41) is 6.34. The second kappa shape index (κ2) is 8.99. The predicted molar refractivity (Wildman–Crippen MR) is 124 cm³/mol. The minimum Gasteiger partial charge on any atom is -0.405 e. The van der Waals surface area contributed by atoms with Crippen molar-refractivity contribution in [3.63, 3.8) is 0 Å². The molecule has 1 aromatic heterocycles. The third-order valence-corrected chi connectivity index (χ3v) is 5.40. The average molecular weight is 452 g/mol. The summed E-state index contributed by atoms with van der Waals surface area (Å²) in [7, 11) is 0. The van der Waals surface area contributed by atoms with Crippen LogP contribution in [0.25, 0.3) is 0 Å². The zero-order valence-electron chi connectivity index (χ0n) is 18.5. The van der Waals surface area contributed by atoms with Gasteiger partial charge in [-0.25, -0.2) is 14.4 Å². The standard InChI is InChI=1S/C23H26FN7O2/c1-23(2)14-33-13-19(32)31(23)18-10-27-22(28-21(18)26)20-16(7-5-9-25)12-30(29-20)11-15-6-3-4-8-17(15)24/h3-10H,11-14,25H2,1-2H3,(H2,26,27,28)/b9-5-,16-7+. The van der Waals surface area contributed by atoms with E-state index in [1.165, 1.54) is 18.5 Å². The average Bonchev–Trinajstić information content (AvgIpc) is 3.17. The van der Waals surface area contributed by atoms with E-state index in [1.54, 1.807) is 34.2 Å². The topological polar surface area (TPSA) is 123 Å². The minimum atomic E-state index is -0.591. The third kappa shape index (κ3) is 4.56. The third-order valence-electron chi connectivity index (χ3n) is 5.40. The summed E-state index contributed by atoms with van der Waals surface area (Å²) < 4.78 is 19.5. The van der Waals surface area contributed by atoms with E-state index >= 15 is 0 Å². The molecule has 9 nitrogen and oxygen atoms in total. The maximum Gasteiger partial charge on any atom is 0.253 e. The number of rotatable bonds is 5. The molecule has 1 fully saturated rings. The monoisotopic (exact) mass is 451 g/mol. The molecule has 2 aliphatic heterocycles. The normalized spacial score (nSPS) is 19.5. The number of ether oxygens (including phenoxy) is 1. The Bertz CT molecular complexity index is 1160. The van der Waals surface area contributed by atoms with Crippen LogP contribution >= 0.6 is 0 Å². The fourth-order valence-electron chi connectivity index (χ4n) is 3.91. The number of nitrogen functional groups attached to an aromatic ring is 1. The molecule has 172 valence electrons. The second-order valence-electron chi connectivity index (χ2n) is 8.44. The molecular formula is C23H26FN7O2. The molecule has 0 saturated carbocycles. The molecule has 4 rings (SSSR count). The molecule has 0 bridgehead atoms. The lowest BCUT2D eigenvalue weighted by molar-refractivity contribution is -0.129. The largest absolute Gasteiger partial charge is 0.405 e. The Morgan fingerprint density at radius 2 is 2.09 bits per heavy atom. The Hall–Kier alpha value is -3.79. The number of nitrogens with zero attached hydrogens (tertiary/aromatic N) is 5. The molecular weight excluding hydrogens is 425 g/mol. The highest BCUT2D eigenvalue weighted by atomic mass is 19.1. The van der Waals surface area contributed by atoms with E-state index in [2.05, 4.69) is 15.1 Å². The number of benzene rings is 1. The van der Waals surface area contributed by atoms with Crippen LogP contribution in [0.5, 0.6) is 0 Å². The molecule has 0 radical (unpaired) electrons. The van der Waals surface area contributed by atoms with Crippen molar-refractivity contribution in [2.75, 3.05) is 30.4 Å². The van der Waals surface area contributed by atoms with Crippen molar-refractivity contribution >= 4 is 23.1 Å². The molecule has 3 heterocycles. The first kappa shape index (κ1) is 22.4. The van der Waals surface area contributed by atoms with Crippen molar-refractivity contribution in [1.29, 1.82) is 0 Å². The SMILES string of the molecule is CC1(C)COCC(=O)N1c1cnc(C2=NN(Cc3ccccc3F)C/C2=C\C=C/N)nc1N. The van der Waals surface area contributed by atoms with Gasteiger partial charge in [0.2, 0.25) is 0 Å². The van der Waals surface area contributed by atoms with Gasteiger partial charge in [0, 0.05) is 11.1 Å². The number of nitrogens with two attached hydrogens (primary N) is 2. The predicted octanol–water partition coefficient (Wildman–Crippen LogP) is 1.96. The number of hydrazone groups is 1. The Balaban J connectivity index is 1.67. The molecule has 4 N–H and O–H groups in total. The molecule has 2 aromatic rings. The van der Waals surface area contributed by atoms with Crippen LogP contribution in [0.3, 0.4) is 0 Å². The summed E-state index contributed by atoms with van der Waals surface area (Å²) in [6.07, 6.45) is 6.43. The number of morpholine rings is 1. The van der Waals surface area contributed by atoms with Crippen molar-refractivity contribution in [2.45, 2.75) is 25.9 Å². The van der Waals surface area contributed by atoms with Gasteiger partial charge in [0.15, 0.2) is 11.6 Å². The van der Waals surface area contributed by atoms with Crippen LogP contribution in [-0.2, 0) is 16.1 Å². The van der Waals surface area contributed by atoms with Crippen LogP contribution in [0.4, 0.5) is 15.9 Å². The van der Waals surface area contributed by atoms with Gasteiger partial charge in [-0.15, -0.1) is 0 Å². The van der Waals surface area contributed by atoms with E-state index < -0.39 is 5.54 Å². The van der Waals surface area contributed by atoms with Gasteiger partial charge in [0.1, 0.15) is 23.8 Å². The summed E-state index contributed by atoms with van der Waals surface area (Å²) in [5.74, 6) is -0.0387. The molecule has 1 saturated heterocycles. The van der Waals surface area contributed by atoms with E-state index in [9.17, 15) is 9.18 Å². The van der Waals surface area contributed by atoms with Crippen LogP contribution in [0.1, 0.15) is 25.2 Å². The van der Waals surface area contributed by atoms with Crippen LogP contribution < -0.4 is 16.4 Å². The van der Waals surface area contributed by atoms with E-state index in [0.717, 1.165) is 5.57 Å². The summed E-state index contributed by atoms with van der Waals surface area (Å²) in [5.41, 5.74) is 13.5. The molecule has 0 spiro atoms. The summed E-state index contributed by atoms with van der Waals surface area (Å²) in [4.78, 5) is 23.0. The second-order valence-corrected chi connectivity index (χ2v) is 8.44. The van der Waals surface area contributed by atoms with Gasteiger partial charge in [-0.05, 0) is 32.2 Å². The molecule has 1 aromatic carbocycles. The fourth-order valence-corrected chi connectivity index (χ4v) is 3.91. The van der Waals surface area contributed by atoms with Gasteiger partial charge in [-0.2, -0.15) is 5.10 Å². The van der Waals surface area contributed by atoms with Gasteiger partial charge in [0.05, 0.1) is 31.4 Å². The van der Waals surface area contributed by atoms with Crippen LogP contribution in [-0.4, -0.2) is 51.9 Å². The lowest BCUT2D eigenvalue weighted by Crippen LogP contribution is -2.56. The lowest BCUT2D eigenvalue weighted by atomic mass is 10.0. The molecule has 0 unspecified atom stereocenters. The molecule has 2 aliphatic rings. The smallest absolute Gasteiger partial charge is 0.253 e. The molecule has 0 atom stereocenters. The first-order valence-electron chi connectivity index (χ1n) is 10.5. The number of halogens is 1. The fraction of sp³-hybridized carbons (Fsp3) is 0.304. The first-order chi connectivity index (χ1) is 15.8. The maximum absolute atomic E-state index is 14.1. The summed E-state index contributed by atoms with van der Waals surface area (Å²) in [6, 6.07) is 6.56. The number of carbonyl (C=O) groups is 1. The van der Waals surface area contributed by atoms with Crippen molar-refractivity contribution in [2.24, 2.45) is 10.8 Å². The number of hydrogen-bond donors (Lipinski definition) is 2. The number of carbonyl (C=O) groups excluding carboxylic acids is 1. The highest BCUT2D eigenvalue weighted by molar-refractivity contribution is 6.12. The summed E-state index contributed by atoms with van der Waals surface area (Å²) in [6.45, 7) is 4.83. The van der Waals surface area contributed by atoms with Crippen molar-refractivity contribution in [3.8, 4) is 0 Å². The molecule has 0 aliphatic carbocycles. The number of allylic oxidation sites excluding steroid dienone is 2. The van der Waals surface area contributed by atoms with Crippen LogP contribution in [0, 0.1) is 5.82 Å². The summed E-state index contributed by atoms with van der Waals surface area (Å²) >= 11 is 0. The number of aromatic nitrogens is 2.